The number of Topliss-reactive ketones (excluding diaryl/α,β-unsaturated/α-hetero) is 1. The lowest BCUT2D eigenvalue weighted by Crippen LogP contribution is -2.39. The first kappa shape index (κ1) is 13.2. The summed E-state index contributed by atoms with van der Waals surface area (Å²) in [6.07, 6.45) is 0.561. The van der Waals surface area contributed by atoms with Crippen LogP contribution in [0.25, 0.3) is 0 Å². The van der Waals surface area contributed by atoms with Gasteiger partial charge in [-0.05, 0) is 17.7 Å². The monoisotopic (exact) mass is 271 g/mol. The fraction of sp³-hybridized carbons (Fsp3) is 0.417. The number of nitrogens with zero attached hydrogens (tertiary/aromatic N) is 1. The lowest BCUT2D eigenvalue weighted by molar-refractivity contribution is -0.120. The van der Waals surface area contributed by atoms with Gasteiger partial charge < -0.3 is 0 Å². The van der Waals surface area contributed by atoms with Crippen LogP contribution < -0.4 is 0 Å². The molecule has 1 saturated heterocycles. The molecule has 2 rings (SSSR count). The van der Waals surface area contributed by atoms with Crippen molar-refractivity contribution in [2.45, 2.75) is 18.6 Å². The topological polar surface area (TPSA) is 54.5 Å². The number of benzene rings is 1. The van der Waals surface area contributed by atoms with Crippen LogP contribution >= 0.6 is 0 Å². The smallest absolute Gasteiger partial charge is 0.218 e. The molecule has 0 amide bonds. The quantitative estimate of drug-likeness (QED) is 0.833. The summed E-state index contributed by atoms with van der Waals surface area (Å²) in [5.74, 6) is -0.440. The molecular weight excluding hydrogens is 257 g/mol. The summed E-state index contributed by atoms with van der Waals surface area (Å²) in [4.78, 5) is 11.1. The van der Waals surface area contributed by atoms with Crippen molar-refractivity contribution in [3.05, 3.63) is 35.6 Å². The molecule has 0 saturated carbocycles. The molecule has 0 spiro atoms. The van der Waals surface area contributed by atoms with Crippen molar-refractivity contribution in [1.82, 2.24) is 4.31 Å². The number of halogens is 1. The summed E-state index contributed by atoms with van der Waals surface area (Å²) in [7, 11) is -3.41. The Kier molecular flexibility index (Phi) is 3.77. The molecule has 98 valence electrons. The van der Waals surface area contributed by atoms with Crippen molar-refractivity contribution in [3.8, 4) is 0 Å². The Bertz CT molecular complexity index is 529. The van der Waals surface area contributed by atoms with Crippen LogP contribution in [0.15, 0.2) is 24.3 Å². The second-order valence-corrected chi connectivity index (χ2v) is 6.29. The van der Waals surface area contributed by atoms with Crippen LogP contribution in [0.5, 0.6) is 0 Å². The summed E-state index contributed by atoms with van der Waals surface area (Å²) in [5, 5.41) is 0. The number of piperidine rings is 1. The van der Waals surface area contributed by atoms with Gasteiger partial charge in [-0.3, -0.25) is 4.79 Å². The maximum atomic E-state index is 12.7. The second-order valence-electron chi connectivity index (χ2n) is 4.32. The third-order valence-electron chi connectivity index (χ3n) is 2.94. The van der Waals surface area contributed by atoms with Crippen molar-refractivity contribution < 1.29 is 17.6 Å². The van der Waals surface area contributed by atoms with Crippen molar-refractivity contribution in [1.29, 1.82) is 0 Å². The molecule has 0 N–H and O–H groups in total. The van der Waals surface area contributed by atoms with E-state index >= 15 is 0 Å². The maximum Gasteiger partial charge on any atom is 0.218 e. The molecule has 1 fully saturated rings. The highest BCUT2D eigenvalue weighted by atomic mass is 32.2. The summed E-state index contributed by atoms with van der Waals surface area (Å²) < 4.78 is 38.2. The van der Waals surface area contributed by atoms with E-state index in [1.165, 1.54) is 28.6 Å². The van der Waals surface area contributed by atoms with Crippen LogP contribution in [-0.4, -0.2) is 31.6 Å². The van der Waals surface area contributed by atoms with E-state index in [-0.39, 0.29) is 43.3 Å². The zero-order valence-electron chi connectivity index (χ0n) is 9.80. The molecule has 1 aromatic carbocycles. The summed E-state index contributed by atoms with van der Waals surface area (Å²) in [6.45, 7) is 0.505. The van der Waals surface area contributed by atoms with E-state index < -0.39 is 10.0 Å². The van der Waals surface area contributed by atoms with Gasteiger partial charge in [0.15, 0.2) is 0 Å². The third-order valence-corrected chi connectivity index (χ3v) is 4.79. The van der Waals surface area contributed by atoms with Crippen LogP contribution in [0.2, 0.25) is 0 Å². The fourth-order valence-electron chi connectivity index (χ4n) is 1.90. The number of carbonyl (C=O) groups is 1. The highest BCUT2D eigenvalue weighted by Crippen LogP contribution is 2.16. The Labute approximate surface area is 105 Å². The normalized spacial score (nSPS) is 17.9. The molecule has 6 heteroatoms. The molecule has 1 aliphatic rings. The molecule has 0 atom stereocenters. The third kappa shape index (κ3) is 3.14. The Morgan fingerprint density at radius 3 is 2.22 bits per heavy atom. The van der Waals surface area contributed by atoms with Gasteiger partial charge in [-0.15, -0.1) is 0 Å². The minimum absolute atomic E-state index is 0.100. The van der Waals surface area contributed by atoms with Crippen LogP contribution in [0, 0.1) is 5.82 Å². The lowest BCUT2D eigenvalue weighted by Gasteiger charge is -2.25. The number of sulfonamides is 1. The van der Waals surface area contributed by atoms with Gasteiger partial charge >= 0.3 is 0 Å². The maximum absolute atomic E-state index is 12.7. The minimum Gasteiger partial charge on any atom is -0.300 e. The largest absolute Gasteiger partial charge is 0.300 e. The zero-order chi connectivity index (χ0) is 13.2. The van der Waals surface area contributed by atoms with Crippen molar-refractivity contribution in [2.75, 3.05) is 13.1 Å². The first-order valence-electron chi connectivity index (χ1n) is 5.71. The highest BCUT2D eigenvalue weighted by molar-refractivity contribution is 7.88. The van der Waals surface area contributed by atoms with Crippen molar-refractivity contribution in [2.24, 2.45) is 0 Å². The van der Waals surface area contributed by atoms with Gasteiger partial charge in [0.1, 0.15) is 11.6 Å². The molecule has 4 nitrogen and oxygen atoms in total. The summed E-state index contributed by atoms with van der Waals surface area (Å²) in [5.41, 5.74) is 0.549. The molecule has 0 unspecified atom stereocenters. The standard InChI is InChI=1S/C12H14FNO3S/c13-11-3-1-10(2-4-11)9-18(16,17)14-7-5-12(15)6-8-14/h1-4H,5-9H2. The fourth-order valence-corrected chi connectivity index (χ4v) is 3.43. The van der Waals surface area contributed by atoms with E-state index in [0.29, 0.717) is 5.56 Å². The average Bonchev–Trinajstić information content (AvgIpc) is 2.32. The molecule has 0 aromatic heterocycles. The number of hydrogen-bond acceptors (Lipinski definition) is 3. The minimum atomic E-state index is -3.41. The van der Waals surface area contributed by atoms with Gasteiger partial charge in [-0.2, -0.15) is 0 Å². The number of ketones is 1. The molecule has 0 bridgehead atoms. The van der Waals surface area contributed by atoms with Gasteiger partial charge in [-0.1, -0.05) is 12.1 Å². The highest BCUT2D eigenvalue weighted by Gasteiger charge is 2.26. The molecule has 0 aliphatic carbocycles. The molecule has 0 radical (unpaired) electrons. The zero-order valence-corrected chi connectivity index (χ0v) is 10.6. The van der Waals surface area contributed by atoms with Crippen molar-refractivity contribution in [3.63, 3.8) is 0 Å². The summed E-state index contributed by atoms with van der Waals surface area (Å²) in [6, 6.07) is 5.40. The van der Waals surface area contributed by atoms with E-state index in [4.69, 9.17) is 0 Å². The summed E-state index contributed by atoms with van der Waals surface area (Å²) >= 11 is 0. The second kappa shape index (κ2) is 5.16. The Morgan fingerprint density at radius 2 is 1.67 bits per heavy atom. The van der Waals surface area contributed by atoms with E-state index in [9.17, 15) is 17.6 Å². The number of rotatable bonds is 3. The van der Waals surface area contributed by atoms with Crippen LogP contribution in [0.1, 0.15) is 18.4 Å². The van der Waals surface area contributed by atoms with Gasteiger partial charge in [0.2, 0.25) is 10.0 Å². The van der Waals surface area contributed by atoms with E-state index in [1.54, 1.807) is 0 Å². The average molecular weight is 271 g/mol. The Balaban J connectivity index is 2.07. The number of hydrogen-bond donors (Lipinski definition) is 0. The molecular formula is C12H14FNO3S. The van der Waals surface area contributed by atoms with E-state index in [2.05, 4.69) is 0 Å². The van der Waals surface area contributed by atoms with Crippen LogP contribution in [0.4, 0.5) is 4.39 Å². The van der Waals surface area contributed by atoms with Gasteiger partial charge in [0.25, 0.3) is 0 Å². The predicted octanol–water partition coefficient (Wildman–Crippen LogP) is 1.32. The number of carbonyl (C=O) groups excluding carboxylic acids is 1. The SMILES string of the molecule is O=C1CCN(S(=O)(=O)Cc2ccc(F)cc2)CC1. The Hall–Kier alpha value is -1.27. The lowest BCUT2D eigenvalue weighted by atomic mass is 10.1. The molecule has 1 aromatic rings. The van der Waals surface area contributed by atoms with E-state index in [0.717, 1.165) is 0 Å². The molecule has 18 heavy (non-hydrogen) atoms. The van der Waals surface area contributed by atoms with E-state index in [1.807, 2.05) is 0 Å². The van der Waals surface area contributed by atoms with Crippen LogP contribution in [0.3, 0.4) is 0 Å². The molecule has 1 heterocycles. The van der Waals surface area contributed by atoms with Crippen LogP contribution in [-0.2, 0) is 20.6 Å². The molecule has 1 aliphatic heterocycles. The Morgan fingerprint density at radius 1 is 1.11 bits per heavy atom. The van der Waals surface area contributed by atoms with Gasteiger partial charge in [0, 0.05) is 25.9 Å². The first-order valence-corrected chi connectivity index (χ1v) is 7.32. The van der Waals surface area contributed by atoms with Gasteiger partial charge in [-0.25, -0.2) is 17.1 Å². The first-order chi connectivity index (χ1) is 8.47. The van der Waals surface area contributed by atoms with Crippen molar-refractivity contribution >= 4 is 15.8 Å². The predicted molar refractivity (Wildman–Crippen MR) is 64.8 cm³/mol. The van der Waals surface area contributed by atoms with Gasteiger partial charge in [0.05, 0.1) is 5.75 Å².